The number of carbonyl (C=O) groups excluding carboxylic acids is 1. The molecule has 0 N–H and O–H groups in total. The largest absolute Gasteiger partial charge is 0.573 e. The summed E-state index contributed by atoms with van der Waals surface area (Å²) in [4.78, 5) is 26.4. The van der Waals surface area contributed by atoms with Crippen molar-refractivity contribution in [2.24, 2.45) is 7.05 Å². The molecular weight excluding hydrogens is 405 g/mol. The first kappa shape index (κ1) is 19.6. The fraction of sp³-hybridized carbons (Fsp3) is 0.211. The van der Waals surface area contributed by atoms with Gasteiger partial charge >= 0.3 is 6.36 Å². The predicted molar refractivity (Wildman–Crippen MR) is 99.8 cm³/mol. The van der Waals surface area contributed by atoms with Gasteiger partial charge in [-0.3, -0.25) is 18.8 Å². The zero-order valence-electron chi connectivity index (χ0n) is 15.8. The number of benzene rings is 1. The van der Waals surface area contributed by atoms with Crippen LogP contribution in [-0.2, 0) is 11.8 Å². The predicted octanol–water partition coefficient (Wildman–Crippen LogP) is 2.49. The molecule has 1 amide bonds. The maximum atomic E-state index is 13.1. The summed E-state index contributed by atoms with van der Waals surface area (Å²) in [5, 5.41) is 4.12. The van der Waals surface area contributed by atoms with Gasteiger partial charge in [0.15, 0.2) is 18.0 Å². The normalized spacial score (nSPS) is 13.8. The van der Waals surface area contributed by atoms with Crippen LogP contribution in [0.3, 0.4) is 0 Å². The molecule has 0 spiro atoms. The summed E-state index contributed by atoms with van der Waals surface area (Å²) < 4.78 is 49.4. The van der Waals surface area contributed by atoms with Gasteiger partial charge in [0.05, 0.1) is 6.20 Å². The van der Waals surface area contributed by atoms with Crippen LogP contribution in [-0.4, -0.2) is 40.3 Å². The van der Waals surface area contributed by atoms with Crippen molar-refractivity contribution >= 4 is 11.6 Å². The number of ether oxygens (including phenoxy) is 2. The van der Waals surface area contributed by atoms with Crippen molar-refractivity contribution in [1.29, 1.82) is 0 Å². The Hall–Kier alpha value is -3.76. The first-order chi connectivity index (χ1) is 14.1. The van der Waals surface area contributed by atoms with Crippen LogP contribution < -0.4 is 19.9 Å². The number of hydrogen-bond donors (Lipinski definition) is 0. The van der Waals surface area contributed by atoms with Crippen LogP contribution in [0, 0.1) is 0 Å². The fourth-order valence-electron chi connectivity index (χ4n) is 3.15. The van der Waals surface area contributed by atoms with Gasteiger partial charge in [0.25, 0.3) is 11.5 Å². The maximum Gasteiger partial charge on any atom is 0.573 e. The molecule has 0 atom stereocenters. The van der Waals surface area contributed by atoms with E-state index >= 15 is 0 Å². The number of rotatable bonds is 3. The van der Waals surface area contributed by atoms with E-state index in [0.29, 0.717) is 11.1 Å². The van der Waals surface area contributed by atoms with E-state index in [-0.39, 0.29) is 23.7 Å². The van der Waals surface area contributed by atoms with E-state index in [0.717, 1.165) is 12.1 Å². The quantitative estimate of drug-likeness (QED) is 0.651. The molecule has 30 heavy (non-hydrogen) atoms. The van der Waals surface area contributed by atoms with E-state index in [4.69, 9.17) is 4.74 Å². The summed E-state index contributed by atoms with van der Waals surface area (Å²) >= 11 is 0. The van der Waals surface area contributed by atoms with Crippen LogP contribution in [0.2, 0.25) is 0 Å². The molecule has 0 radical (unpaired) electrons. The summed E-state index contributed by atoms with van der Waals surface area (Å²) in [5.41, 5.74) is 0.907. The number of aryl methyl sites for hydroxylation is 1. The lowest BCUT2D eigenvalue weighted by Gasteiger charge is -2.27. The SMILES string of the molecule is CN1C(=O)COc2c(-c3cnn(C)c3)cn(-c3ccc(OC(F)(F)F)cc3)c(=O)c21. The van der Waals surface area contributed by atoms with Gasteiger partial charge in [0.1, 0.15) is 5.75 Å². The summed E-state index contributed by atoms with van der Waals surface area (Å²) in [6, 6.07) is 4.83. The van der Waals surface area contributed by atoms with Gasteiger partial charge in [-0.15, -0.1) is 13.2 Å². The fourth-order valence-corrected chi connectivity index (χ4v) is 3.15. The molecule has 11 heteroatoms. The van der Waals surface area contributed by atoms with Crippen molar-refractivity contribution in [2.75, 3.05) is 18.6 Å². The number of alkyl halides is 3. The van der Waals surface area contributed by atoms with Crippen LogP contribution >= 0.6 is 0 Å². The first-order valence-corrected chi connectivity index (χ1v) is 8.68. The van der Waals surface area contributed by atoms with Gasteiger partial charge in [-0.25, -0.2) is 0 Å². The highest BCUT2D eigenvalue weighted by Gasteiger charge is 2.32. The average molecular weight is 420 g/mol. The third-order valence-corrected chi connectivity index (χ3v) is 4.55. The van der Waals surface area contributed by atoms with E-state index in [1.807, 2.05) is 0 Å². The Balaban J connectivity index is 1.88. The van der Waals surface area contributed by atoms with Gasteiger partial charge in [-0.2, -0.15) is 5.10 Å². The highest BCUT2D eigenvalue weighted by molar-refractivity contribution is 5.99. The number of anilines is 1. The number of amides is 1. The zero-order valence-corrected chi connectivity index (χ0v) is 15.8. The van der Waals surface area contributed by atoms with Gasteiger partial charge in [-0.05, 0) is 24.3 Å². The number of hydrogen-bond acceptors (Lipinski definition) is 5. The lowest BCUT2D eigenvalue weighted by Crippen LogP contribution is -2.40. The number of nitrogens with zero attached hydrogens (tertiary/aromatic N) is 4. The molecule has 0 saturated carbocycles. The number of fused-ring (bicyclic) bond motifs is 1. The summed E-state index contributed by atoms with van der Waals surface area (Å²) in [6.07, 6.45) is -0.0333. The van der Waals surface area contributed by atoms with E-state index in [2.05, 4.69) is 9.84 Å². The van der Waals surface area contributed by atoms with Crippen molar-refractivity contribution in [1.82, 2.24) is 14.3 Å². The zero-order chi connectivity index (χ0) is 21.6. The van der Waals surface area contributed by atoms with E-state index in [1.54, 1.807) is 24.1 Å². The van der Waals surface area contributed by atoms with Crippen LogP contribution in [0.25, 0.3) is 16.8 Å². The third-order valence-electron chi connectivity index (χ3n) is 4.55. The van der Waals surface area contributed by atoms with Crippen molar-refractivity contribution in [3.8, 4) is 28.3 Å². The lowest BCUT2D eigenvalue weighted by atomic mass is 10.1. The Bertz CT molecular complexity index is 1180. The number of likely N-dealkylation sites (N-methyl/N-ethyl adjacent to an activating group) is 1. The lowest BCUT2D eigenvalue weighted by molar-refractivity contribution is -0.274. The molecule has 156 valence electrons. The second-order valence-corrected chi connectivity index (χ2v) is 6.58. The van der Waals surface area contributed by atoms with Crippen molar-refractivity contribution in [3.63, 3.8) is 0 Å². The summed E-state index contributed by atoms with van der Waals surface area (Å²) in [7, 11) is 3.19. The topological polar surface area (TPSA) is 78.6 Å². The highest BCUT2D eigenvalue weighted by Crippen LogP contribution is 2.38. The summed E-state index contributed by atoms with van der Waals surface area (Å²) in [5.74, 6) is -0.577. The minimum Gasteiger partial charge on any atom is -0.481 e. The smallest absolute Gasteiger partial charge is 0.481 e. The Morgan fingerprint density at radius 3 is 2.40 bits per heavy atom. The molecule has 0 bridgehead atoms. The maximum absolute atomic E-state index is 13.1. The molecule has 1 aromatic carbocycles. The molecular formula is C19H15F3N4O4. The van der Waals surface area contributed by atoms with E-state index < -0.39 is 23.6 Å². The van der Waals surface area contributed by atoms with Crippen molar-refractivity contribution < 1.29 is 27.4 Å². The molecule has 2 aromatic heterocycles. The number of halogens is 3. The Labute approximate surface area is 167 Å². The monoisotopic (exact) mass is 420 g/mol. The van der Waals surface area contributed by atoms with Crippen LogP contribution in [0.15, 0.2) is 47.7 Å². The second kappa shape index (κ2) is 6.94. The molecule has 3 aromatic rings. The molecule has 4 rings (SSSR count). The number of carbonyl (C=O) groups is 1. The molecule has 1 aliphatic heterocycles. The molecule has 8 nitrogen and oxygen atoms in total. The minimum atomic E-state index is -4.82. The molecule has 3 heterocycles. The van der Waals surface area contributed by atoms with Crippen molar-refractivity contribution in [3.05, 3.63) is 53.2 Å². The van der Waals surface area contributed by atoms with Gasteiger partial charge < -0.3 is 14.4 Å². The highest BCUT2D eigenvalue weighted by atomic mass is 19.4. The Kier molecular flexibility index (Phi) is 4.52. The second-order valence-electron chi connectivity index (χ2n) is 6.58. The Morgan fingerprint density at radius 2 is 1.80 bits per heavy atom. The van der Waals surface area contributed by atoms with Crippen LogP contribution in [0.1, 0.15) is 0 Å². The molecule has 0 saturated heterocycles. The van der Waals surface area contributed by atoms with Crippen molar-refractivity contribution in [2.45, 2.75) is 6.36 Å². The molecule has 0 fully saturated rings. The van der Waals surface area contributed by atoms with E-state index in [9.17, 15) is 22.8 Å². The Morgan fingerprint density at radius 1 is 1.10 bits per heavy atom. The van der Waals surface area contributed by atoms with Gasteiger partial charge in [0, 0.05) is 43.3 Å². The average Bonchev–Trinajstić information content (AvgIpc) is 3.10. The first-order valence-electron chi connectivity index (χ1n) is 8.68. The number of pyridine rings is 1. The molecule has 1 aliphatic rings. The van der Waals surface area contributed by atoms with E-state index in [1.165, 1.54) is 34.8 Å². The minimum absolute atomic E-state index is 0.0308. The van der Waals surface area contributed by atoms with Gasteiger partial charge in [0.2, 0.25) is 0 Å². The van der Waals surface area contributed by atoms with Gasteiger partial charge in [-0.1, -0.05) is 0 Å². The third kappa shape index (κ3) is 3.49. The molecule has 0 aliphatic carbocycles. The van der Waals surface area contributed by atoms with Crippen LogP contribution in [0.5, 0.6) is 11.5 Å². The van der Waals surface area contributed by atoms with Crippen LogP contribution in [0.4, 0.5) is 18.9 Å². The standard InChI is InChI=1S/C19H15F3N4O4/c1-24-8-11(7-23-24)14-9-26(12-3-5-13(6-4-12)30-19(20,21)22)18(28)16-17(14)29-10-15(27)25(16)2/h3-9H,10H2,1-2H3. The molecule has 0 unspecified atom stereocenters. The number of aromatic nitrogens is 3. The summed E-state index contributed by atoms with van der Waals surface area (Å²) in [6.45, 7) is -0.219.